The molecule has 1 aliphatic heterocycles. The molecule has 1 rings (SSSR count). The summed E-state index contributed by atoms with van der Waals surface area (Å²) in [6.07, 6.45) is 1.97. The van der Waals surface area contributed by atoms with E-state index < -0.39 is 0 Å². The third kappa shape index (κ3) is 1.21. The van der Waals surface area contributed by atoms with Crippen LogP contribution in [0.2, 0.25) is 0 Å². The molecule has 0 radical (unpaired) electrons. The minimum Gasteiger partial charge on any atom is -0.288 e. The van der Waals surface area contributed by atoms with Crippen LogP contribution in [0.15, 0.2) is 16.1 Å². The summed E-state index contributed by atoms with van der Waals surface area (Å²) in [4.78, 5) is 4.17. The van der Waals surface area contributed by atoms with Crippen LogP contribution in [-0.4, -0.2) is 12.8 Å². The maximum Gasteiger partial charge on any atom is 0.0608 e. The van der Waals surface area contributed by atoms with Gasteiger partial charge in [-0.15, -0.1) is 0 Å². The summed E-state index contributed by atoms with van der Waals surface area (Å²) < 4.78 is 0. The Morgan fingerprint density at radius 2 is 2.22 bits per heavy atom. The molecule has 0 saturated heterocycles. The zero-order valence-electron chi connectivity index (χ0n) is 6.31. The van der Waals surface area contributed by atoms with Gasteiger partial charge in [0.25, 0.3) is 0 Å². The zero-order valence-corrected chi connectivity index (χ0v) is 6.31. The van der Waals surface area contributed by atoms with E-state index in [1.165, 1.54) is 11.1 Å². The molecule has 1 nitrogen and oxygen atoms in total. The van der Waals surface area contributed by atoms with E-state index >= 15 is 0 Å². The van der Waals surface area contributed by atoms with Crippen LogP contribution in [0.3, 0.4) is 0 Å². The topological polar surface area (TPSA) is 12.4 Å². The monoisotopic (exact) mass is 123 g/mol. The molecule has 1 aliphatic rings. The van der Waals surface area contributed by atoms with E-state index in [0.29, 0.717) is 5.92 Å². The van der Waals surface area contributed by atoms with Crippen molar-refractivity contribution in [3.05, 3.63) is 11.1 Å². The average Bonchev–Trinajstić information content (AvgIpc) is 2.13. The number of hydrogen-bond acceptors (Lipinski definition) is 1. The van der Waals surface area contributed by atoms with Gasteiger partial charge in [0, 0.05) is 6.21 Å². The number of aliphatic imine (C=N–C) groups is 1. The molecule has 1 heterocycles. The Morgan fingerprint density at radius 1 is 1.56 bits per heavy atom. The van der Waals surface area contributed by atoms with Crippen LogP contribution in [0.1, 0.15) is 20.8 Å². The van der Waals surface area contributed by atoms with Gasteiger partial charge in [-0.2, -0.15) is 0 Å². The summed E-state index contributed by atoms with van der Waals surface area (Å²) in [7, 11) is 0. The molecule has 0 bridgehead atoms. The van der Waals surface area contributed by atoms with Gasteiger partial charge in [0.2, 0.25) is 0 Å². The van der Waals surface area contributed by atoms with Crippen molar-refractivity contribution in [2.45, 2.75) is 20.8 Å². The second-order valence-electron chi connectivity index (χ2n) is 2.83. The molecule has 0 amide bonds. The van der Waals surface area contributed by atoms with E-state index in [2.05, 4.69) is 25.8 Å². The molecule has 0 fully saturated rings. The first-order valence-corrected chi connectivity index (χ1v) is 3.41. The highest BCUT2D eigenvalue weighted by molar-refractivity contribution is 5.81. The van der Waals surface area contributed by atoms with Gasteiger partial charge in [-0.3, -0.25) is 4.99 Å². The van der Waals surface area contributed by atoms with E-state index in [9.17, 15) is 0 Å². The van der Waals surface area contributed by atoms with Crippen molar-refractivity contribution >= 4 is 6.21 Å². The third-order valence-corrected chi connectivity index (χ3v) is 1.75. The lowest BCUT2D eigenvalue weighted by Gasteiger charge is -2.05. The van der Waals surface area contributed by atoms with Crippen molar-refractivity contribution in [1.82, 2.24) is 0 Å². The largest absolute Gasteiger partial charge is 0.288 e. The van der Waals surface area contributed by atoms with Gasteiger partial charge >= 0.3 is 0 Å². The summed E-state index contributed by atoms with van der Waals surface area (Å²) in [5.74, 6) is 0.674. The molecule has 0 aromatic heterocycles. The first-order chi connectivity index (χ1) is 4.22. The summed E-state index contributed by atoms with van der Waals surface area (Å²) in [5, 5.41) is 0. The van der Waals surface area contributed by atoms with Crippen LogP contribution in [0.4, 0.5) is 0 Å². The van der Waals surface area contributed by atoms with Crippen LogP contribution in [0, 0.1) is 5.92 Å². The Balaban J connectivity index is 2.73. The lowest BCUT2D eigenvalue weighted by molar-refractivity contribution is 0.748. The fourth-order valence-corrected chi connectivity index (χ4v) is 1.13. The molecule has 9 heavy (non-hydrogen) atoms. The van der Waals surface area contributed by atoms with Crippen LogP contribution in [0.5, 0.6) is 0 Å². The van der Waals surface area contributed by atoms with Gasteiger partial charge in [-0.1, -0.05) is 13.8 Å². The lowest BCUT2D eigenvalue weighted by Crippen LogP contribution is -1.96. The second kappa shape index (κ2) is 2.34. The SMILES string of the molecule is CC1=C(C(C)C)CN=C1. The van der Waals surface area contributed by atoms with Crippen LogP contribution in [0.25, 0.3) is 0 Å². The van der Waals surface area contributed by atoms with Gasteiger partial charge in [-0.05, 0) is 24.0 Å². The molecule has 0 aliphatic carbocycles. The lowest BCUT2D eigenvalue weighted by atomic mass is 10.0. The molecule has 0 saturated carbocycles. The highest BCUT2D eigenvalue weighted by Crippen LogP contribution is 2.17. The summed E-state index contributed by atoms with van der Waals surface area (Å²) in [5.41, 5.74) is 2.86. The van der Waals surface area contributed by atoms with Gasteiger partial charge < -0.3 is 0 Å². The quantitative estimate of drug-likeness (QED) is 0.506. The Hall–Kier alpha value is -0.590. The zero-order chi connectivity index (χ0) is 6.85. The van der Waals surface area contributed by atoms with Crippen molar-refractivity contribution in [3.8, 4) is 0 Å². The van der Waals surface area contributed by atoms with Crippen molar-refractivity contribution in [1.29, 1.82) is 0 Å². The van der Waals surface area contributed by atoms with Crippen molar-refractivity contribution in [3.63, 3.8) is 0 Å². The van der Waals surface area contributed by atoms with Crippen LogP contribution < -0.4 is 0 Å². The first kappa shape index (κ1) is 6.53. The molecule has 0 N–H and O–H groups in total. The molecule has 0 aromatic carbocycles. The molecule has 50 valence electrons. The number of hydrogen-bond donors (Lipinski definition) is 0. The fourth-order valence-electron chi connectivity index (χ4n) is 1.13. The highest BCUT2D eigenvalue weighted by atomic mass is 14.7. The van der Waals surface area contributed by atoms with E-state index in [1.807, 2.05) is 6.21 Å². The summed E-state index contributed by atoms with van der Waals surface area (Å²) in [6.45, 7) is 7.50. The normalized spacial score (nSPS) is 18.2. The molecule has 0 spiro atoms. The van der Waals surface area contributed by atoms with Crippen molar-refractivity contribution < 1.29 is 0 Å². The smallest absolute Gasteiger partial charge is 0.0608 e. The Labute approximate surface area is 56.5 Å². The minimum atomic E-state index is 0.674. The van der Waals surface area contributed by atoms with Gasteiger partial charge in [-0.25, -0.2) is 0 Å². The first-order valence-electron chi connectivity index (χ1n) is 3.41. The Bertz CT molecular complexity index is 163. The van der Waals surface area contributed by atoms with Crippen LogP contribution in [-0.2, 0) is 0 Å². The van der Waals surface area contributed by atoms with E-state index in [0.717, 1.165) is 6.54 Å². The van der Waals surface area contributed by atoms with Gasteiger partial charge in [0.15, 0.2) is 0 Å². The maximum absolute atomic E-state index is 4.17. The Kier molecular flexibility index (Phi) is 1.70. The number of rotatable bonds is 1. The third-order valence-electron chi connectivity index (χ3n) is 1.75. The van der Waals surface area contributed by atoms with Crippen molar-refractivity contribution in [2.75, 3.05) is 6.54 Å². The van der Waals surface area contributed by atoms with Gasteiger partial charge in [0.05, 0.1) is 6.54 Å². The predicted molar refractivity (Wildman–Crippen MR) is 40.9 cm³/mol. The van der Waals surface area contributed by atoms with Crippen LogP contribution >= 0.6 is 0 Å². The average molecular weight is 123 g/mol. The van der Waals surface area contributed by atoms with Crippen molar-refractivity contribution in [2.24, 2.45) is 10.9 Å². The molecular weight excluding hydrogens is 110 g/mol. The Morgan fingerprint density at radius 3 is 2.44 bits per heavy atom. The predicted octanol–water partition coefficient (Wildman–Crippen LogP) is 2.04. The second-order valence-corrected chi connectivity index (χ2v) is 2.83. The van der Waals surface area contributed by atoms with E-state index in [4.69, 9.17) is 0 Å². The highest BCUT2D eigenvalue weighted by Gasteiger charge is 2.08. The van der Waals surface area contributed by atoms with Gasteiger partial charge in [0.1, 0.15) is 0 Å². The fraction of sp³-hybridized carbons (Fsp3) is 0.625. The minimum absolute atomic E-state index is 0.674. The molecule has 1 heteroatoms. The number of allylic oxidation sites excluding steroid dienone is 1. The van der Waals surface area contributed by atoms with E-state index in [-0.39, 0.29) is 0 Å². The molecule has 0 atom stereocenters. The number of nitrogens with zero attached hydrogens (tertiary/aromatic N) is 1. The standard InChI is InChI=1S/C8H13N/c1-6(2)8-5-9-4-7(8)3/h4,6H,5H2,1-3H3. The van der Waals surface area contributed by atoms with E-state index in [1.54, 1.807) is 0 Å². The summed E-state index contributed by atoms with van der Waals surface area (Å²) in [6, 6.07) is 0. The molecular formula is C8H13N. The maximum atomic E-state index is 4.17. The molecule has 0 unspecified atom stereocenters. The molecule has 0 aromatic rings. The summed E-state index contributed by atoms with van der Waals surface area (Å²) >= 11 is 0.